The monoisotopic (exact) mass is 403 g/mol. The predicted molar refractivity (Wildman–Crippen MR) is 120 cm³/mol. The van der Waals surface area contributed by atoms with Crippen LogP contribution >= 0.6 is 11.8 Å². The molecule has 0 radical (unpaired) electrons. The maximum Gasteiger partial charge on any atom is 0.262 e. The van der Waals surface area contributed by atoms with E-state index in [4.69, 9.17) is 4.98 Å². The molecule has 5 nitrogen and oxygen atoms in total. The zero-order valence-electron chi connectivity index (χ0n) is 16.3. The Hall–Kier alpha value is -3.12. The molecule has 0 aliphatic heterocycles. The van der Waals surface area contributed by atoms with Crippen LogP contribution in [0, 0.1) is 0 Å². The second kappa shape index (κ2) is 8.09. The molecule has 0 fully saturated rings. The highest BCUT2D eigenvalue weighted by atomic mass is 32.2. The van der Waals surface area contributed by atoms with Crippen molar-refractivity contribution in [3.8, 4) is 0 Å². The van der Waals surface area contributed by atoms with Gasteiger partial charge in [0.2, 0.25) is 5.91 Å². The second-order valence-electron chi connectivity index (χ2n) is 6.74. The van der Waals surface area contributed by atoms with Gasteiger partial charge >= 0.3 is 0 Å². The molecule has 0 aliphatic rings. The number of aromatic nitrogens is 2. The maximum absolute atomic E-state index is 13.0. The van der Waals surface area contributed by atoms with E-state index in [1.807, 2.05) is 73.7 Å². The Morgan fingerprint density at radius 2 is 1.69 bits per heavy atom. The number of carbonyl (C=O) groups is 1. The zero-order chi connectivity index (χ0) is 20.4. The highest BCUT2D eigenvalue weighted by Crippen LogP contribution is 2.23. The number of hydrogen-bond donors (Lipinski definition) is 0. The van der Waals surface area contributed by atoms with Gasteiger partial charge < -0.3 is 4.90 Å². The van der Waals surface area contributed by atoms with Gasteiger partial charge in [-0.25, -0.2) is 4.98 Å². The van der Waals surface area contributed by atoms with E-state index in [-0.39, 0.29) is 17.2 Å². The number of amides is 1. The van der Waals surface area contributed by atoms with Crippen molar-refractivity contribution in [3.05, 3.63) is 77.1 Å². The van der Waals surface area contributed by atoms with E-state index in [9.17, 15) is 9.59 Å². The number of rotatable bonds is 5. The van der Waals surface area contributed by atoms with E-state index >= 15 is 0 Å². The molecule has 0 aliphatic carbocycles. The van der Waals surface area contributed by atoms with Crippen molar-refractivity contribution in [2.75, 3.05) is 17.7 Å². The highest BCUT2D eigenvalue weighted by Gasteiger charge is 2.15. The van der Waals surface area contributed by atoms with Gasteiger partial charge in [0.05, 0.1) is 16.7 Å². The van der Waals surface area contributed by atoms with Crippen LogP contribution in [0.15, 0.2) is 76.7 Å². The van der Waals surface area contributed by atoms with E-state index in [1.54, 1.807) is 16.5 Å². The van der Waals surface area contributed by atoms with Gasteiger partial charge in [0.15, 0.2) is 5.16 Å². The summed E-state index contributed by atoms with van der Waals surface area (Å²) in [6.07, 6.45) is 0. The minimum atomic E-state index is -0.0744. The van der Waals surface area contributed by atoms with Crippen molar-refractivity contribution >= 4 is 45.0 Å². The number of anilines is 1. The van der Waals surface area contributed by atoms with E-state index in [1.165, 1.54) is 11.8 Å². The van der Waals surface area contributed by atoms with Gasteiger partial charge in [-0.1, -0.05) is 54.2 Å². The van der Waals surface area contributed by atoms with Crippen LogP contribution in [-0.2, 0) is 11.3 Å². The smallest absolute Gasteiger partial charge is 0.262 e. The third-order valence-electron chi connectivity index (χ3n) is 4.95. The van der Waals surface area contributed by atoms with Crippen LogP contribution in [0.25, 0.3) is 21.7 Å². The molecule has 1 amide bonds. The molecule has 4 aromatic rings. The standard InChI is InChI=1S/C23H21N3O2S/c1-3-26-22(28)19-13-16-9-7-8-10-17(16)14-20(19)24-23(26)29-15-21(27)25(2)18-11-5-4-6-12-18/h4-14H,3,15H2,1-2H3. The van der Waals surface area contributed by atoms with Gasteiger partial charge in [-0.2, -0.15) is 0 Å². The summed E-state index contributed by atoms with van der Waals surface area (Å²) in [6, 6.07) is 21.3. The Morgan fingerprint density at radius 1 is 1.03 bits per heavy atom. The van der Waals surface area contributed by atoms with E-state index in [2.05, 4.69) is 0 Å². The molecule has 0 N–H and O–H groups in total. The Labute approximate surface area is 173 Å². The van der Waals surface area contributed by atoms with Crippen LogP contribution in [0.1, 0.15) is 6.92 Å². The minimum absolute atomic E-state index is 0.0447. The van der Waals surface area contributed by atoms with E-state index in [0.717, 1.165) is 16.5 Å². The first-order valence-corrected chi connectivity index (χ1v) is 10.4. The first-order chi connectivity index (χ1) is 14.1. The number of hydrogen-bond acceptors (Lipinski definition) is 4. The summed E-state index contributed by atoms with van der Waals surface area (Å²) in [5, 5.41) is 3.22. The summed E-state index contributed by atoms with van der Waals surface area (Å²) in [5.41, 5.74) is 1.42. The first-order valence-electron chi connectivity index (χ1n) is 9.46. The van der Waals surface area contributed by atoms with Crippen molar-refractivity contribution in [2.45, 2.75) is 18.6 Å². The van der Waals surface area contributed by atoms with Crippen LogP contribution in [0.5, 0.6) is 0 Å². The normalized spacial score (nSPS) is 11.1. The molecule has 0 spiro atoms. The van der Waals surface area contributed by atoms with E-state index in [0.29, 0.717) is 22.6 Å². The SMILES string of the molecule is CCn1c(SCC(=O)N(C)c2ccccc2)nc2cc3ccccc3cc2c1=O. The molecule has 29 heavy (non-hydrogen) atoms. The molecule has 1 heterocycles. The second-order valence-corrected chi connectivity index (χ2v) is 7.68. The lowest BCUT2D eigenvalue weighted by Gasteiger charge is -2.17. The van der Waals surface area contributed by atoms with Crippen molar-refractivity contribution in [1.29, 1.82) is 0 Å². The summed E-state index contributed by atoms with van der Waals surface area (Å²) in [6.45, 7) is 2.41. The van der Waals surface area contributed by atoms with Gasteiger partial charge in [0.25, 0.3) is 5.56 Å². The number of nitrogens with zero attached hydrogens (tertiary/aromatic N) is 3. The molecule has 3 aromatic carbocycles. The van der Waals surface area contributed by atoms with Crippen molar-refractivity contribution in [2.24, 2.45) is 0 Å². The Kier molecular flexibility index (Phi) is 5.36. The molecular formula is C23H21N3O2S. The molecular weight excluding hydrogens is 382 g/mol. The van der Waals surface area contributed by atoms with Crippen molar-refractivity contribution in [3.63, 3.8) is 0 Å². The van der Waals surface area contributed by atoms with Crippen LogP contribution in [0.3, 0.4) is 0 Å². The van der Waals surface area contributed by atoms with Crippen LogP contribution in [-0.4, -0.2) is 28.3 Å². The summed E-state index contributed by atoms with van der Waals surface area (Å²) in [7, 11) is 1.76. The molecule has 1 aromatic heterocycles. The van der Waals surface area contributed by atoms with Gasteiger partial charge in [0, 0.05) is 19.3 Å². The fourth-order valence-corrected chi connectivity index (χ4v) is 4.27. The molecule has 0 bridgehead atoms. The number of fused-ring (bicyclic) bond motifs is 2. The molecule has 0 saturated carbocycles. The minimum Gasteiger partial charge on any atom is -0.315 e. The number of benzene rings is 3. The quantitative estimate of drug-likeness (QED) is 0.283. The summed E-state index contributed by atoms with van der Waals surface area (Å²) in [4.78, 5) is 32.0. The molecule has 0 atom stereocenters. The first kappa shape index (κ1) is 19.2. The summed E-state index contributed by atoms with van der Waals surface area (Å²) in [5.74, 6) is 0.161. The third-order valence-corrected chi connectivity index (χ3v) is 5.91. The predicted octanol–water partition coefficient (Wildman–Crippen LogP) is 4.32. The highest BCUT2D eigenvalue weighted by molar-refractivity contribution is 7.99. The summed E-state index contributed by atoms with van der Waals surface area (Å²) < 4.78 is 1.64. The number of para-hydroxylation sites is 1. The lowest BCUT2D eigenvalue weighted by molar-refractivity contribution is -0.115. The molecule has 146 valence electrons. The third kappa shape index (κ3) is 3.76. The number of thioether (sulfide) groups is 1. The average Bonchev–Trinajstić information content (AvgIpc) is 2.76. The average molecular weight is 404 g/mol. The Morgan fingerprint density at radius 3 is 2.38 bits per heavy atom. The van der Waals surface area contributed by atoms with E-state index < -0.39 is 0 Å². The van der Waals surface area contributed by atoms with Gasteiger partial charge in [-0.15, -0.1) is 0 Å². The van der Waals surface area contributed by atoms with Crippen molar-refractivity contribution < 1.29 is 4.79 Å². The molecule has 0 saturated heterocycles. The lowest BCUT2D eigenvalue weighted by atomic mass is 10.1. The number of carbonyl (C=O) groups excluding carboxylic acids is 1. The van der Waals surface area contributed by atoms with Crippen LogP contribution < -0.4 is 10.5 Å². The molecule has 6 heteroatoms. The van der Waals surface area contributed by atoms with Crippen molar-refractivity contribution in [1.82, 2.24) is 9.55 Å². The fourth-order valence-electron chi connectivity index (χ4n) is 3.30. The van der Waals surface area contributed by atoms with Crippen LogP contribution in [0.4, 0.5) is 5.69 Å². The largest absolute Gasteiger partial charge is 0.315 e. The summed E-state index contributed by atoms with van der Waals surface area (Å²) >= 11 is 1.30. The van der Waals surface area contributed by atoms with Gasteiger partial charge in [0.1, 0.15) is 0 Å². The molecule has 0 unspecified atom stereocenters. The van der Waals surface area contributed by atoms with Gasteiger partial charge in [-0.3, -0.25) is 14.2 Å². The fraction of sp³-hybridized carbons (Fsp3) is 0.174. The van der Waals surface area contributed by atoms with Gasteiger partial charge in [-0.05, 0) is 42.0 Å². The maximum atomic E-state index is 13.0. The Bertz CT molecular complexity index is 1250. The molecule has 4 rings (SSSR count). The zero-order valence-corrected chi connectivity index (χ0v) is 17.1. The Balaban J connectivity index is 1.67. The van der Waals surface area contributed by atoms with Crippen LogP contribution in [0.2, 0.25) is 0 Å². The topological polar surface area (TPSA) is 55.2 Å². The lowest BCUT2D eigenvalue weighted by Crippen LogP contribution is -2.28.